The second-order valence-electron chi connectivity index (χ2n) is 9.66. The topological polar surface area (TPSA) is 65.8 Å². The number of aromatic nitrogens is 1. The molecule has 7 heteroatoms. The van der Waals surface area contributed by atoms with Gasteiger partial charge in [-0.05, 0) is 87.0 Å². The molecule has 1 aromatic heterocycles. The van der Waals surface area contributed by atoms with Crippen LogP contribution in [0.5, 0.6) is 5.75 Å². The number of benzene rings is 2. The highest BCUT2D eigenvalue weighted by atomic mass is 35.5. The molecule has 1 atom stereocenters. The minimum absolute atomic E-state index is 0.0700. The maximum atomic E-state index is 13.7. The Morgan fingerprint density at radius 1 is 1.22 bits per heavy atom. The summed E-state index contributed by atoms with van der Waals surface area (Å²) in [7, 11) is 1.60. The van der Waals surface area contributed by atoms with E-state index >= 15 is 0 Å². The predicted octanol–water partition coefficient (Wildman–Crippen LogP) is 5.28. The number of rotatable bonds is 7. The highest BCUT2D eigenvalue weighted by Crippen LogP contribution is 2.40. The molecule has 0 radical (unpaired) electrons. The van der Waals surface area contributed by atoms with Gasteiger partial charge in [-0.25, -0.2) is 4.39 Å². The van der Waals surface area contributed by atoms with Crippen molar-refractivity contribution in [3.63, 3.8) is 0 Å². The number of hydrogen-bond acceptors (Lipinski definition) is 5. The van der Waals surface area contributed by atoms with Crippen molar-refractivity contribution in [1.29, 1.82) is 0 Å². The molecule has 1 aliphatic rings. The molecular formula is C29H32ClFN2O3. The Kier molecular flexibility index (Phi) is 8.48. The van der Waals surface area contributed by atoms with Gasteiger partial charge in [-0.15, -0.1) is 0 Å². The second-order valence-corrected chi connectivity index (χ2v) is 10.1. The predicted molar refractivity (Wildman–Crippen MR) is 141 cm³/mol. The summed E-state index contributed by atoms with van der Waals surface area (Å²) < 4.78 is 19.1. The Hall–Kier alpha value is -2.69. The summed E-state index contributed by atoms with van der Waals surface area (Å²) in [6, 6.07) is 10.6. The van der Waals surface area contributed by atoms with Crippen LogP contribution < -0.4 is 4.74 Å². The molecule has 0 saturated carbocycles. The molecule has 0 bridgehead atoms. The third-order valence-electron chi connectivity index (χ3n) is 7.31. The lowest BCUT2D eigenvalue weighted by molar-refractivity contribution is 0.0273. The molecule has 3 aromatic rings. The van der Waals surface area contributed by atoms with E-state index in [0.717, 1.165) is 36.8 Å². The van der Waals surface area contributed by atoms with E-state index in [9.17, 15) is 14.6 Å². The Labute approximate surface area is 216 Å². The standard InChI is InChI=1S/C29H32ClFN2O3/c1-20-5-6-21(16-25(20)31)4-3-13-33-14-11-29(19-34,12-15-33)10-9-27(35)28-23-17-22(36-2)7-8-26(23)32-18-24(28)30/h5-8,16-18,27,34-35H,9-15,19H2,1-2H3/t27-/m1/s1. The third-order valence-corrected chi connectivity index (χ3v) is 7.61. The second kappa shape index (κ2) is 11.6. The number of likely N-dealkylation sites (tertiary alicyclic amines) is 1. The number of hydrogen-bond donors (Lipinski definition) is 2. The molecule has 0 spiro atoms. The third kappa shape index (κ3) is 5.99. The van der Waals surface area contributed by atoms with Crippen molar-refractivity contribution in [3.05, 3.63) is 70.1 Å². The number of halogens is 2. The molecule has 2 aromatic carbocycles. The fourth-order valence-electron chi connectivity index (χ4n) is 4.82. The van der Waals surface area contributed by atoms with Crippen LogP contribution in [0.15, 0.2) is 42.6 Å². The first-order valence-corrected chi connectivity index (χ1v) is 12.6. The molecule has 0 aliphatic carbocycles. The number of ether oxygens (including phenoxy) is 1. The quantitative estimate of drug-likeness (QED) is 0.423. The fourth-order valence-corrected chi connectivity index (χ4v) is 5.09. The van der Waals surface area contributed by atoms with Crippen LogP contribution >= 0.6 is 11.6 Å². The highest BCUT2D eigenvalue weighted by Gasteiger charge is 2.34. The van der Waals surface area contributed by atoms with Crippen LogP contribution in [0.2, 0.25) is 5.02 Å². The van der Waals surface area contributed by atoms with Gasteiger partial charge >= 0.3 is 0 Å². The van der Waals surface area contributed by atoms with Crippen LogP contribution in [-0.2, 0) is 0 Å². The van der Waals surface area contributed by atoms with E-state index in [1.165, 1.54) is 6.07 Å². The molecule has 0 unspecified atom stereocenters. The molecule has 2 N–H and O–H groups in total. The van der Waals surface area contributed by atoms with Gasteiger partial charge in [0.1, 0.15) is 11.6 Å². The maximum Gasteiger partial charge on any atom is 0.127 e. The summed E-state index contributed by atoms with van der Waals surface area (Å²) in [6.45, 7) is 4.02. The summed E-state index contributed by atoms with van der Waals surface area (Å²) in [4.78, 5) is 6.62. The molecule has 2 heterocycles. The number of nitrogens with zero attached hydrogens (tertiary/aromatic N) is 2. The van der Waals surface area contributed by atoms with Gasteiger partial charge in [-0.3, -0.25) is 9.88 Å². The van der Waals surface area contributed by atoms with Gasteiger partial charge < -0.3 is 14.9 Å². The number of fused-ring (bicyclic) bond motifs is 1. The van der Waals surface area contributed by atoms with Crippen LogP contribution in [0, 0.1) is 30.0 Å². The highest BCUT2D eigenvalue weighted by molar-refractivity contribution is 6.32. The van der Waals surface area contributed by atoms with Gasteiger partial charge in [-0.2, -0.15) is 0 Å². The van der Waals surface area contributed by atoms with Crippen LogP contribution in [0.4, 0.5) is 4.39 Å². The smallest absolute Gasteiger partial charge is 0.127 e. The van der Waals surface area contributed by atoms with E-state index in [0.29, 0.717) is 46.8 Å². The minimum Gasteiger partial charge on any atom is -0.497 e. The van der Waals surface area contributed by atoms with E-state index in [2.05, 4.69) is 21.7 Å². The number of aryl methyl sites for hydroxylation is 1. The molecule has 1 saturated heterocycles. The number of piperidine rings is 1. The summed E-state index contributed by atoms with van der Waals surface area (Å²) in [5.41, 5.74) is 2.43. The van der Waals surface area contributed by atoms with Crippen molar-refractivity contribution in [3.8, 4) is 17.6 Å². The van der Waals surface area contributed by atoms with Gasteiger partial charge in [0.15, 0.2) is 0 Å². The molecule has 1 fully saturated rings. The average molecular weight is 511 g/mol. The first-order valence-electron chi connectivity index (χ1n) is 12.2. The minimum atomic E-state index is -0.780. The molecule has 0 amide bonds. The number of aliphatic hydroxyl groups is 2. The fraction of sp³-hybridized carbons (Fsp3) is 0.414. The van der Waals surface area contributed by atoms with Gasteiger partial charge in [-0.1, -0.05) is 29.5 Å². The van der Waals surface area contributed by atoms with Crippen LogP contribution in [0.25, 0.3) is 10.9 Å². The zero-order valence-electron chi connectivity index (χ0n) is 20.7. The van der Waals surface area contributed by atoms with Gasteiger partial charge in [0, 0.05) is 29.3 Å². The van der Waals surface area contributed by atoms with Gasteiger partial charge in [0.2, 0.25) is 0 Å². The Morgan fingerprint density at radius 3 is 2.69 bits per heavy atom. The van der Waals surface area contributed by atoms with Crippen LogP contribution in [-0.4, -0.2) is 53.4 Å². The lowest BCUT2D eigenvalue weighted by Gasteiger charge is -2.40. The molecular weight excluding hydrogens is 479 g/mol. The van der Waals surface area contributed by atoms with Crippen LogP contribution in [0.1, 0.15) is 48.5 Å². The molecule has 36 heavy (non-hydrogen) atoms. The van der Waals surface area contributed by atoms with Crippen molar-refractivity contribution in [2.75, 3.05) is 33.4 Å². The van der Waals surface area contributed by atoms with Crippen molar-refractivity contribution in [2.24, 2.45) is 5.41 Å². The van der Waals surface area contributed by atoms with E-state index in [1.54, 1.807) is 26.3 Å². The SMILES string of the molecule is COc1ccc2ncc(Cl)c([C@H](O)CCC3(CO)CCN(CC#Cc4ccc(C)c(F)c4)CC3)c2c1. The Morgan fingerprint density at radius 2 is 2.00 bits per heavy atom. The lowest BCUT2D eigenvalue weighted by Crippen LogP contribution is -2.42. The zero-order valence-corrected chi connectivity index (χ0v) is 21.5. The van der Waals surface area contributed by atoms with E-state index in [-0.39, 0.29) is 17.8 Å². The largest absolute Gasteiger partial charge is 0.497 e. The summed E-state index contributed by atoms with van der Waals surface area (Å²) >= 11 is 6.46. The lowest BCUT2D eigenvalue weighted by atomic mass is 9.74. The summed E-state index contributed by atoms with van der Waals surface area (Å²) in [5.74, 6) is 6.62. The molecule has 190 valence electrons. The maximum absolute atomic E-state index is 13.7. The van der Waals surface area contributed by atoms with Crippen molar-refractivity contribution in [1.82, 2.24) is 9.88 Å². The zero-order chi connectivity index (χ0) is 25.7. The van der Waals surface area contributed by atoms with Gasteiger partial charge in [0.05, 0.1) is 30.3 Å². The average Bonchev–Trinajstić information content (AvgIpc) is 2.89. The summed E-state index contributed by atoms with van der Waals surface area (Å²) in [6.07, 6.45) is 3.58. The summed E-state index contributed by atoms with van der Waals surface area (Å²) in [5, 5.41) is 22.6. The van der Waals surface area contributed by atoms with Gasteiger partial charge in [0.25, 0.3) is 0 Å². The number of pyridine rings is 1. The number of aliphatic hydroxyl groups excluding tert-OH is 2. The first-order chi connectivity index (χ1) is 17.3. The normalized spacial score (nSPS) is 16.4. The van der Waals surface area contributed by atoms with E-state index < -0.39 is 6.10 Å². The first kappa shape index (κ1) is 26.4. The van der Waals surface area contributed by atoms with Crippen molar-refractivity contribution < 1.29 is 19.3 Å². The Balaban J connectivity index is 1.37. The molecule has 1 aliphatic heterocycles. The van der Waals surface area contributed by atoms with E-state index in [1.807, 2.05) is 24.3 Å². The Bertz CT molecular complexity index is 1280. The molecule has 4 rings (SSSR count). The van der Waals surface area contributed by atoms with Crippen LogP contribution in [0.3, 0.4) is 0 Å². The van der Waals surface area contributed by atoms with Crippen molar-refractivity contribution >= 4 is 22.5 Å². The van der Waals surface area contributed by atoms with Crippen molar-refractivity contribution in [2.45, 2.75) is 38.7 Å². The van der Waals surface area contributed by atoms with E-state index in [4.69, 9.17) is 16.3 Å². The molecule has 5 nitrogen and oxygen atoms in total. The number of methoxy groups -OCH3 is 1. The monoisotopic (exact) mass is 510 g/mol.